The lowest BCUT2D eigenvalue weighted by Gasteiger charge is -2.14. The smallest absolute Gasteiger partial charge is 0.0695 e. The number of rotatable bonds is 6. The highest BCUT2D eigenvalue weighted by Gasteiger charge is 2.10. The standard InChI is InChI=1S/C18H23N5/c1-13-5-4-6-16(7-13)18-17(10-20-22-18)9-19-15(3)12-23-11-14(2)8-21-23/h4-8,10-11,15,19H,9,12H2,1-3H3,(H,20,22)/t15-/m0/s1. The molecule has 1 atom stereocenters. The summed E-state index contributed by atoms with van der Waals surface area (Å²) in [5, 5.41) is 15.2. The third kappa shape index (κ3) is 3.87. The Hall–Kier alpha value is -2.40. The maximum absolute atomic E-state index is 4.33. The van der Waals surface area contributed by atoms with Gasteiger partial charge in [-0.3, -0.25) is 9.78 Å². The van der Waals surface area contributed by atoms with E-state index < -0.39 is 0 Å². The molecule has 0 fully saturated rings. The van der Waals surface area contributed by atoms with Gasteiger partial charge in [-0.15, -0.1) is 0 Å². The lowest BCUT2D eigenvalue weighted by Crippen LogP contribution is -2.30. The molecule has 2 N–H and O–H groups in total. The van der Waals surface area contributed by atoms with Crippen LogP contribution in [-0.4, -0.2) is 26.0 Å². The average Bonchev–Trinajstić information content (AvgIpc) is 3.14. The van der Waals surface area contributed by atoms with Gasteiger partial charge in [0.25, 0.3) is 0 Å². The van der Waals surface area contributed by atoms with E-state index >= 15 is 0 Å². The van der Waals surface area contributed by atoms with Crippen molar-refractivity contribution < 1.29 is 0 Å². The van der Waals surface area contributed by atoms with Crippen molar-refractivity contribution in [3.63, 3.8) is 0 Å². The van der Waals surface area contributed by atoms with Gasteiger partial charge in [-0.1, -0.05) is 23.8 Å². The van der Waals surface area contributed by atoms with E-state index in [-0.39, 0.29) is 0 Å². The molecule has 0 bridgehead atoms. The summed E-state index contributed by atoms with van der Waals surface area (Å²) in [7, 11) is 0. The lowest BCUT2D eigenvalue weighted by molar-refractivity contribution is 0.451. The summed E-state index contributed by atoms with van der Waals surface area (Å²) in [4.78, 5) is 0. The fourth-order valence-corrected chi connectivity index (χ4v) is 2.69. The molecule has 0 radical (unpaired) electrons. The second-order valence-corrected chi connectivity index (χ2v) is 6.16. The normalized spacial score (nSPS) is 12.5. The zero-order valence-electron chi connectivity index (χ0n) is 13.9. The molecule has 2 heterocycles. The number of benzene rings is 1. The van der Waals surface area contributed by atoms with Crippen LogP contribution in [-0.2, 0) is 13.1 Å². The van der Waals surface area contributed by atoms with Crippen molar-refractivity contribution in [1.29, 1.82) is 0 Å². The zero-order chi connectivity index (χ0) is 16.2. The van der Waals surface area contributed by atoms with Gasteiger partial charge in [-0.2, -0.15) is 10.2 Å². The van der Waals surface area contributed by atoms with Gasteiger partial charge in [-0.05, 0) is 32.4 Å². The van der Waals surface area contributed by atoms with Gasteiger partial charge < -0.3 is 5.32 Å². The van der Waals surface area contributed by atoms with E-state index in [1.807, 2.05) is 17.1 Å². The molecule has 3 rings (SSSR count). The van der Waals surface area contributed by atoms with Gasteiger partial charge in [-0.25, -0.2) is 0 Å². The summed E-state index contributed by atoms with van der Waals surface area (Å²) in [6.07, 6.45) is 5.85. The number of nitrogens with zero attached hydrogens (tertiary/aromatic N) is 3. The van der Waals surface area contributed by atoms with Crippen molar-refractivity contribution in [3.8, 4) is 11.3 Å². The van der Waals surface area contributed by atoms with Gasteiger partial charge in [0.15, 0.2) is 0 Å². The summed E-state index contributed by atoms with van der Waals surface area (Å²) in [6.45, 7) is 7.96. The number of aromatic nitrogens is 4. The van der Waals surface area contributed by atoms with Crippen LogP contribution < -0.4 is 5.32 Å². The van der Waals surface area contributed by atoms with E-state index in [9.17, 15) is 0 Å². The first-order chi connectivity index (χ1) is 11.1. The van der Waals surface area contributed by atoms with E-state index in [0.717, 1.165) is 18.8 Å². The Morgan fingerprint density at radius 1 is 1.22 bits per heavy atom. The molecule has 23 heavy (non-hydrogen) atoms. The van der Waals surface area contributed by atoms with Gasteiger partial charge in [0.05, 0.1) is 24.6 Å². The van der Waals surface area contributed by atoms with Crippen LogP contribution in [0.4, 0.5) is 0 Å². The maximum Gasteiger partial charge on any atom is 0.0695 e. The van der Waals surface area contributed by atoms with E-state index in [1.54, 1.807) is 0 Å². The molecule has 0 amide bonds. The first-order valence-corrected chi connectivity index (χ1v) is 7.93. The minimum absolute atomic E-state index is 0.328. The minimum atomic E-state index is 0.328. The van der Waals surface area contributed by atoms with Crippen molar-refractivity contribution in [2.45, 2.75) is 39.9 Å². The van der Waals surface area contributed by atoms with Crippen LogP contribution in [0.3, 0.4) is 0 Å². The number of nitrogens with one attached hydrogen (secondary N) is 2. The highest BCUT2D eigenvalue weighted by Crippen LogP contribution is 2.21. The quantitative estimate of drug-likeness (QED) is 0.736. The van der Waals surface area contributed by atoms with Crippen LogP contribution in [0.5, 0.6) is 0 Å². The van der Waals surface area contributed by atoms with Crippen molar-refractivity contribution in [3.05, 3.63) is 59.5 Å². The van der Waals surface area contributed by atoms with Gasteiger partial charge in [0.1, 0.15) is 0 Å². The molecule has 0 aliphatic rings. The molecule has 0 saturated carbocycles. The van der Waals surface area contributed by atoms with Crippen LogP contribution in [0.1, 0.15) is 23.6 Å². The van der Waals surface area contributed by atoms with Crippen molar-refractivity contribution in [2.75, 3.05) is 0 Å². The monoisotopic (exact) mass is 309 g/mol. The van der Waals surface area contributed by atoms with Gasteiger partial charge in [0, 0.05) is 29.9 Å². The van der Waals surface area contributed by atoms with Crippen LogP contribution in [0.15, 0.2) is 42.9 Å². The molecule has 2 aromatic heterocycles. The van der Waals surface area contributed by atoms with Gasteiger partial charge >= 0.3 is 0 Å². The Bertz CT molecular complexity index is 771. The third-order valence-electron chi connectivity index (χ3n) is 3.89. The fourth-order valence-electron chi connectivity index (χ4n) is 2.69. The molecule has 5 nitrogen and oxygen atoms in total. The first-order valence-electron chi connectivity index (χ1n) is 7.93. The second-order valence-electron chi connectivity index (χ2n) is 6.16. The highest BCUT2D eigenvalue weighted by molar-refractivity contribution is 5.63. The predicted octanol–water partition coefficient (Wildman–Crippen LogP) is 3.07. The van der Waals surface area contributed by atoms with Crippen molar-refractivity contribution >= 4 is 0 Å². The molecule has 5 heteroatoms. The topological polar surface area (TPSA) is 58.5 Å². The van der Waals surface area contributed by atoms with Crippen LogP contribution in [0.2, 0.25) is 0 Å². The van der Waals surface area contributed by atoms with E-state index in [1.165, 1.54) is 22.3 Å². The molecule has 120 valence electrons. The average molecular weight is 309 g/mol. The Morgan fingerprint density at radius 2 is 2.09 bits per heavy atom. The Labute approximate surface area is 136 Å². The molecule has 0 aliphatic heterocycles. The number of hydrogen-bond acceptors (Lipinski definition) is 3. The summed E-state index contributed by atoms with van der Waals surface area (Å²) < 4.78 is 1.98. The number of aromatic amines is 1. The predicted molar refractivity (Wildman–Crippen MR) is 92.0 cm³/mol. The summed E-state index contributed by atoms with van der Waals surface area (Å²) in [5.41, 5.74) is 5.88. The van der Waals surface area contributed by atoms with E-state index in [0.29, 0.717) is 6.04 Å². The zero-order valence-corrected chi connectivity index (χ0v) is 13.9. The number of H-pyrrole nitrogens is 1. The molecular formula is C18H23N5. The summed E-state index contributed by atoms with van der Waals surface area (Å²) in [5.74, 6) is 0. The van der Waals surface area contributed by atoms with Crippen molar-refractivity contribution in [1.82, 2.24) is 25.3 Å². The fraction of sp³-hybridized carbons (Fsp3) is 0.333. The number of hydrogen-bond donors (Lipinski definition) is 2. The Morgan fingerprint density at radius 3 is 2.83 bits per heavy atom. The molecule has 0 unspecified atom stereocenters. The Kier molecular flexibility index (Phi) is 4.57. The molecule has 1 aromatic carbocycles. The minimum Gasteiger partial charge on any atom is -0.308 e. The van der Waals surface area contributed by atoms with Crippen LogP contribution in [0, 0.1) is 13.8 Å². The van der Waals surface area contributed by atoms with E-state index in [4.69, 9.17) is 0 Å². The maximum atomic E-state index is 4.33. The Balaban J connectivity index is 1.64. The molecule has 3 aromatic rings. The largest absolute Gasteiger partial charge is 0.308 e. The third-order valence-corrected chi connectivity index (χ3v) is 3.89. The SMILES string of the molecule is Cc1cccc(-c2[nH]ncc2CN[C@@H](C)Cn2cc(C)cn2)c1. The molecular weight excluding hydrogens is 286 g/mol. The summed E-state index contributed by atoms with van der Waals surface area (Å²) >= 11 is 0. The van der Waals surface area contributed by atoms with Crippen LogP contribution >= 0.6 is 0 Å². The molecule has 0 spiro atoms. The highest BCUT2D eigenvalue weighted by atomic mass is 15.3. The summed E-state index contributed by atoms with van der Waals surface area (Å²) in [6, 6.07) is 8.79. The number of aryl methyl sites for hydroxylation is 2. The van der Waals surface area contributed by atoms with Gasteiger partial charge in [0.2, 0.25) is 0 Å². The first kappa shape index (κ1) is 15.5. The molecule has 0 saturated heterocycles. The van der Waals surface area contributed by atoms with Crippen LogP contribution in [0.25, 0.3) is 11.3 Å². The van der Waals surface area contributed by atoms with E-state index in [2.05, 4.69) is 71.8 Å². The molecule has 0 aliphatic carbocycles. The van der Waals surface area contributed by atoms with Crippen molar-refractivity contribution in [2.24, 2.45) is 0 Å². The second kappa shape index (κ2) is 6.79. The lowest BCUT2D eigenvalue weighted by atomic mass is 10.1.